The van der Waals surface area contributed by atoms with E-state index in [1.54, 1.807) is 0 Å². The van der Waals surface area contributed by atoms with Crippen molar-refractivity contribution in [3.05, 3.63) is 39.7 Å². The Hall–Kier alpha value is -1.52. The minimum atomic E-state index is -0.112. The largest absolute Gasteiger partial charge is 0.390 e. The van der Waals surface area contributed by atoms with Gasteiger partial charge in [-0.3, -0.25) is 4.79 Å². The highest BCUT2D eigenvalue weighted by Crippen LogP contribution is 2.38. The normalized spacial score (nSPS) is 10.6. The molecule has 1 heterocycles. The number of carbonyl (C=O) groups is 1. The Morgan fingerprint density at radius 1 is 1.35 bits per heavy atom. The van der Waals surface area contributed by atoms with Gasteiger partial charge in [0.05, 0.1) is 10.6 Å². The number of thiophene rings is 1. The van der Waals surface area contributed by atoms with Crippen LogP contribution in [0.4, 0.5) is 5.00 Å². The van der Waals surface area contributed by atoms with Gasteiger partial charge < -0.3 is 11.1 Å². The van der Waals surface area contributed by atoms with E-state index in [9.17, 15) is 4.79 Å². The molecule has 0 saturated carbocycles. The van der Waals surface area contributed by atoms with Crippen molar-refractivity contribution in [3.8, 4) is 11.1 Å². The lowest BCUT2D eigenvalue weighted by molar-refractivity contribution is 0.0955. The van der Waals surface area contributed by atoms with E-state index in [1.165, 1.54) is 11.3 Å². The molecule has 1 amide bonds. The highest BCUT2D eigenvalue weighted by molar-refractivity contribution is 7.16. The maximum Gasteiger partial charge on any atom is 0.254 e. The topological polar surface area (TPSA) is 55.1 Å². The molecule has 0 fully saturated rings. The molecule has 0 radical (unpaired) electrons. The molecule has 5 heteroatoms. The van der Waals surface area contributed by atoms with Gasteiger partial charge in [0.2, 0.25) is 0 Å². The smallest absolute Gasteiger partial charge is 0.254 e. The number of nitrogens with one attached hydrogen (secondary N) is 1. The molecule has 3 N–H and O–H groups in total. The van der Waals surface area contributed by atoms with Crippen LogP contribution in [-0.2, 0) is 0 Å². The lowest BCUT2D eigenvalue weighted by atomic mass is 10.0. The molecule has 0 aliphatic heterocycles. The highest BCUT2D eigenvalue weighted by Gasteiger charge is 2.21. The Bertz CT molecular complexity index is 620. The molecule has 106 valence electrons. The summed E-state index contributed by atoms with van der Waals surface area (Å²) in [6.07, 6.45) is 0.894. The molecule has 1 aromatic carbocycles. The van der Waals surface area contributed by atoms with Crippen molar-refractivity contribution < 1.29 is 4.79 Å². The zero-order valence-electron chi connectivity index (χ0n) is 11.5. The van der Waals surface area contributed by atoms with Crippen LogP contribution in [0, 0.1) is 6.92 Å². The number of nitrogens with two attached hydrogens (primary N) is 1. The molecule has 0 bridgehead atoms. The fourth-order valence-corrected chi connectivity index (χ4v) is 3.16. The predicted octanol–water partition coefficient (Wildman–Crippen LogP) is 4.10. The first kappa shape index (κ1) is 14.9. The van der Waals surface area contributed by atoms with Crippen LogP contribution in [0.25, 0.3) is 11.1 Å². The van der Waals surface area contributed by atoms with Crippen LogP contribution in [0.1, 0.15) is 28.6 Å². The van der Waals surface area contributed by atoms with Gasteiger partial charge in [-0.1, -0.05) is 30.7 Å². The summed E-state index contributed by atoms with van der Waals surface area (Å²) in [5.41, 5.74) is 8.45. The van der Waals surface area contributed by atoms with Crippen molar-refractivity contribution >= 4 is 33.8 Å². The second-order valence-electron chi connectivity index (χ2n) is 4.54. The van der Waals surface area contributed by atoms with Crippen molar-refractivity contribution in [1.29, 1.82) is 0 Å². The number of nitrogen functional groups attached to an aromatic ring is 1. The van der Waals surface area contributed by atoms with Crippen LogP contribution in [0.2, 0.25) is 5.02 Å². The van der Waals surface area contributed by atoms with Gasteiger partial charge in [0.15, 0.2) is 0 Å². The monoisotopic (exact) mass is 308 g/mol. The molecule has 2 rings (SSSR count). The summed E-state index contributed by atoms with van der Waals surface area (Å²) < 4.78 is 0. The maximum absolute atomic E-state index is 12.3. The number of hydrogen-bond acceptors (Lipinski definition) is 3. The summed E-state index contributed by atoms with van der Waals surface area (Å²) in [6.45, 7) is 4.64. The summed E-state index contributed by atoms with van der Waals surface area (Å²) in [6, 6.07) is 7.46. The van der Waals surface area contributed by atoms with Crippen LogP contribution >= 0.6 is 22.9 Å². The van der Waals surface area contributed by atoms with Crippen LogP contribution in [0.15, 0.2) is 24.3 Å². The zero-order valence-corrected chi connectivity index (χ0v) is 13.1. The maximum atomic E-state index is 12.3. The zero-order chi connectivity index (χ0) is 14.7. The van der Waals surface area contributed by atoms with Gasteiger partial charge in [0.1, 0.15) is 0 Å². The lowest BCUT2D eigenvalue weighted by Crippen LogP contribution is -2.24. The molecule has 0 aliphatic rings. The van der Waals surface area contributed by atoms with E-state index in [-0.39, 0.29) is 5.91 Å². The minimum Gasteiger partial charge on any atom is -0.390 e. The molecule has 0 atom stereocenters. The van der Waals surface area contributed by atoms with E-state index in [2.05, 4.69) is 5.32 Å². The fourth-order valence-electron chi connectivity index (χ4n) is 2.08. The first-order valence-electron chi connectivity index (χ1n) is 6.47. The Morgan fingerprint density at radius 2 is 2.00 bits per heavy atom. The second-order valence-corrected chi connectivity index (χ2v) is 6.23. The molecule has 3 nitrogen and oxygen atoms in total. The second kappa shape index (κ2) is 6.29. The average Bonchev–Trinajstić information content (AvgIpc) is 2.72. The third-order valence-electron chi connectivity index (χ3n) is 3.01. The van der Waals surface area contributed by atoms with E-state index >= 15 is 0 Å². The Morgan fingerprint density at radius 3 is 2.60 bits per heavy atom. The first-order valence-corrected chi connectivity index (χ1v) is 7.67. The van der Waals surface area contributed by atoms with Crippen molar-refractivity contribution in [2.45, 2.75) is 20.3 Å². The quantitative estimate of drug-likeness (QED) is 0.893. The van der Waals surface area contributed by atoms with Crippen LogP contribution in [0.5, 0.6) is 0 Å². The van der Waals surface area contributed by atoms with Gasteiger partial charge in [-0.05, 0) is 31.0 Å². The Balaban J connectivity index is 2.47. The molecule has 0 saturated heterocycles. The van der Waals surface area contributed by atoms with Gasteiger partial charge in [0, 0.05) is 22.0 Å². The van der Waals surface area contributed by atoms with Crippen molar-refractivity contribution in [3.63, 3.8) is 0 Å². The van der Waals surface area contributed by atoms with Crippen LogP contribution < -0.4 is 11.1 Å². The van der Waals surface area contributed by atoms with Gasteiger partial charge in [-0.25, -0.2) is 0 Å². The van der Waals surface area contributed by atoms with E-state index in [4.69, 9.17) is 17.3 Å². The fraction of sp³-hybridized carbons (Fsp3) is 0.267. The van der Waals surface area contributed by atoms with E-state index in [0.717, 1.165) is 22.4 Å². The third kappa shape index (κ3) is 2.97. The van der Waals surface area contributed by atoms with E-state index in [0.29, 0.717) is 22.1 Å². The number of amides is 1. The average molecular weight is 309 g/mol. The minimum absolute atomic E-state index is 0.112. The first-order chi connectivity index (χ1) is 9.54. The van der Waals surface area contributed by atoms with Gasteiger partial charge in [-0.2, -0.15) is 0 Å². The number of anilines is 1. The summed E-state index contributed by atoms with van der Waals surface area (Å²) in [7, 11) is 0. The molecule has 0 spiro atoms. The van der Waals surface area contributed by atoms with E-state index < -0.39 is 0 Å². The number of halogens is 1. The molecular weight excluding hydrogens is 292 g/mol. The van der Waals surface area contributed by atoms with Gasteiger partial charge >= 0.3 is 0 Å². The Kier molecular flexibility index (Phi) is 4.68. The lowest BCUT2D eigenvalue weighted by Gasteiger charge is -2.08. The summed E-state index contributed by atoms with van der Waals surface area (Å²) in [5, 5.41) is 4.12. The molecule has 2 aromatic rings. The number of benzene rings is 1. The van der Waals surface area contributed by atoms with Gasteiger partial charge in [0.25, 0.3) is 5.91 Å². The summed E-state index contributed by atoms with van der Waals surface area (Å²) in [4.78, 5) is 13.3. The standard InChI is InChI=1S/C15H17ClN2OS/c1-3-8-18-15(19)13-12(9(2)20-14(13)17)10-4-6-11(16)7-5-10/h4-7H,3,8,17H2,1-2H3,(H,18,19). The molecule has 1 aromatic heterocycles. The summed E-state index contributed by atoms with van der Waals surface area (Å²) in [5.74, 6) is -0.112. The number of aryl methyl sites for hydroxylation is 1. The Labute approximate surface area is 127 Å². The SMILES string of the molecule is CCCNC(=O)c1c(N)sc(C)c1-c1ccc(Cl)cc1. The molecular formula is C15H17ClN2OS. The predicted molar refractivity (Wildman–Crippen MR) is 86.5 cm³/mol. The molecule has 0 unspecified atom stereocenters. The van der Waals surface area contributed by atoms with Gasteiger partial charge in [-0.15, -0.1) is 11.3 Å². The molecule has 20 heavy (non-hydrogen) atoms. The highest BCUT2D eigenvalue weighted by atomic mass is 35.5. The van der Waals surface area contributed by atoms with E-state index in [1.807, 2.05) is 38.1 Å². The third-order valence-corrected chi connectivity index (χ3v) is 4.19. The van der Waals surface area contributed by atoms with Crippen LogP contribution in [-0.4, -0.2) is 12.5 Å². The summed E-state index contributed by atoms with van der Waals surface area (Å²) >= 11 is 7.35. The number of hydrogen-bond donors (Lipinski definition) is 2. The van der Waals surface area contributed by atoms with Crippen molar-refractivity contribution in [2.75, 3.05) is 12.3 Å². The van der Waals surface area contributed by atoms with Crippen molar-refractivity contribution in [2.24, 2.45) is 0 Å². The number of rotatable bonds is 4. The molecule has 0 aliphatic carbocycles. The number of carbonyl (C=O) groups excluding carboxylic acids is 1. The van der Waals surface area contributed by atoms with Crippen LogP contribution in [0.3, 0.4) is 0 Å². The van der Waals surface area contributed by atoms with Crippen molar-refractivity contribution in [1.82, 2.24) is 5.32 Å².